The molecule has 1 unspecified atom stereocenters. The van der Waals surface area contributed by atoms with Crippen LogP contribution >= 0.6 is 0 Å². The molecule has 0 bridgehead atoms. The fourth-order valence-corrected chi connectivity index (χ4v) is 2.28. The summed E-state index contributed by atoms with van der Waals surface area (Å²) in [6.07, 6.45) is 2.67. The first-order valence-electron chi connectivity index (χ1n) is 6.45. The Bertz CT molecular complexity index is 566. The molecular weight excluding hydrogens is 239 g/mol. The number of benzene rings is 1. The van der Waals surface area contributed by atoms with Crippen molar-refractivity contribution in [3.8, 4) is 0 Å². The maximum Gasteiger partial charge on any atom is 0.123 e. The number of aromatic nitrogens is 1. The van der Waals surface area contributed by atoms with E-state index in [9.17, 15) is 4.39 Å². The van der Waals surface area contributed by atoms with E-state index in [0.29, 0.717) is 0 Å². The molecule has 19 heavy (non-hydrogen) atoms. The molecule has 0 saturated heterocycles. The third-order valence-corrected chi connectivity index (χ3v) is 3.40. The first-order chi connectivity index (χ1) is 9.10. The maximum atomic E-state index is 13.1. The van der Waals surface area contributed by atoms with Crippen LogP contribution in [0.2, 0.25) is 0 Å². The van der Waals surface area contributed by atoms with Gasteiger partial charge >= 0.3 is 0 Å². The van der Waals surface area contributed by atoms with Crippen molar-refractivity contribution in [2.45, 2.75) is 26.3 Å². The Morgan fingerprint density at radius 2 is 2.00 bits per heavy atom. The largest absolute Gasteiger partial charge is 0.313 e. The van der Waals surface area contributed by atoms with Crippen LogP contribution in [0.25, 0.3) is 0 Å². The highest BCUT2D eigenvalue weighted by atomic mass is 19.1. The highest BCUT2D eigenvalue weighted by Crippen LogP contribution is 2.21. The van der Waals surface area contributed by atoms with E-state index in [1.807, 2.05) is 39.2 Å². The zero-order chi connectivity index (χ0) is 13.8. The first-order valence-corrected chi connectivity index (χ1v) is 6.45. The molecule has 1 N–H and O–H groups in total. The molecule has 0 amide bonds. The van der Waals surface area contributed by atoms with Gasteiger partial charge in [0.2, 0.25) is 0 Å². The van der Waals surface area contributed by atoms with E-state index in [4.69, 9.17) is 0 Å². The number of rotatable bonds is 4. The van der Waals surface area contributed by atoms with Crippen LogP contribution in [0.15, 0.2) is 36.5 Å². The summed E-state index contributed by atoms with van der Waals surface area (Å²) >= 11 is 0. The summed E-state index contributed by atoms with van der Waals surface area (Å²) in [4.78, 5) is 4.22. The maximum absolute atomic E-state index is 13.1. The van der Waals surface area contributed by atoms with Crippen LogP contribution in [0.4, 0.5) is 4.39 Å². The lowest BCUT2D eigenvalue weighted by Gasteiger charge is -2.18. The second-order valence-electron chi connectivity index (χ2n) is 4.85. The van der Waals surface area contributed by atoms with Gasteiger partial charge in [-0.25, -0.2) is 4.39 Å². The lowest BCUT2D eigenvalue weighted by molar-refractivity contribution is 0.585. The van der Waals surface area contributed by atoms with Gasteiger partial charge in [0.25, 0.3) is 0 Å². The number of likely N-dealkylation sites (N-methyl/N-ethyl adjacent to an activating group) is 1. The minimum atomic E-state index is -0.179. The second kappa shape index (κ2) is 5.93. The third-order valence-electron chi connectivity index (χ3n) is 3.40. The molecule has 3 heteroatoms. The molecule has 0 saturated carbocycles. The van der Waals surface area contributed by atoms with E-state index in [1.54, 1.807) is 6.07 Å². The average molecular weight is 258 g/mol. The molecule has 1 atom stereocenters. The van der Waals surface area contributed by atoms with Gasteiger partial charge in [0.05, 0.1) is 0 Å². The van der Waals surface area contributed by atoms with Gasteiger partial charge < -0.3 is 5.32 Å². The molecule has 2 nitrogen and oxygen atoms in total. The van der Waals surface area contributed by atoms with Crippen LogP contribution in [-0.4, -0.2) is 12.0 Å². The van der Waals surface area contributed by atoms with E-state index in [2.05, 4.69) is 16.4 Å². The summed E-state index contributed by atoms with van der Waals surface area (Å²) < 4.78 is 13.1. The van der Waals surface area contributed by atoms with Gasteiger partial charge in [0.15, 0.2) is 0 Å². The molecule has 100 valence electrons. The molecule has 1 aromatic carbocycles. The van der Waals surface area contributed by atoms with Crippen molar-refractivity contribution in [2.24, 2.45) is 0 Å². The Hall–Kier alpha value is -1.74. The summed E-state index contributed by atoms with van der Waals surface area (Å²) in [7, 11) is 1.94. The van der Waals surface area contributed by atoms with Crippen LogP contribution in [0, 0.1) is 19.7 Å². The Balaban J connectivity index is 2.24. The molecule has 2 aromatic rings. The number of halogens is 1. The van der Waals surface area contributed by atoms with Gasteiger partial charge in [0, 0.05) is 17.9 Å². The summed E-state index contributed by atoms with van der Waals surface area (Å²) in [6.45, 7) is 3.93. The zero-order valence-electron chi connectivity index (χ0n) is 11.6. The first kappa shape index (κ1) is 13.7. The molecular formula is C16H19FN2. The zero-order valence-corrected chi connectivity index (χ0v) is 11.6. The smallest absolute Gasteiger partial charge is 0.123 e. The van der Waals surface area contributed by atoms with Crippen LogP contribution in [0.3, 0.4) is 0 Å². The monoisotopic (exact) mass is 258 g/mol. The van der Waals surface area contributed by atoms with Crippen LogP contribution in [0.5, 0.6) is 0 Å². The predicted molar refractivity (Wildman–Crippen MR) is 75.6 cm³/mol. The van der Waals surface area contributed by atoms with Gasteiger partial charge in [-0.05, 0) is 68.3 Å². The highest BCUT2D eigenvalue weighted by molar-refractivity contribution is 5.30. The van der Waals surface area contributed by atoms with E-state index in [-0.39, 0.29) is 11.9 Å². The topological polar surface area (TPSA) is 24.9 Å². The van der Waals surface area contributed by atoms with Crippen LogP contribution in [0.1, 0.15) is 28.4 Å². The SMILES string of the molecule is CNC(Cc1ccc(F)cc1C)c1ccnc(C)c1. The van der Waals surface area contributed by atoms with Gasteiger partial charge in [-0.15, -0.1) is 0 Å². The van der Waals surface area contributed by atoms with Gasteiger partial charge in [-0.2, -0.15) is 0 Å². The number of nitrogens with zero attached hydrogens (tertiary/aromatic N) is 1. The van der Waals surface area contributed by atoms with Gasteiger partial charge in [-0.1, -0.05) is 6.07 Å². The van der Waals surface area contributed by atoms with Crippen molar-refractivity contribution in [1.82, 2.24) is 10.3 Å². The molecule has 1 heterocycles. The number of hydrogen-bond acceptors (Lipinski definition) is 2. The minimum absolute atomic E-state index is 0.179. The predicted octanol–water partition coefficient (Wildman–Crippen LogP) is 3.34. The van der Waals surface area contributed by atoms with Crippen molar-refractivity contribution in [3.63, 3.8) is 0 Å². The number of aryl methyl sites for hydroxylation is 2. The summed E-state index contributed by atoms with van der Waals surface area (Å²) in [5.74, 6) is -0.179. The van der Waals surface area contributed by atoms with E-state index >= 15 is 0 Å². The standard InChI is InChI=1S/C16H19FN2/c1-11-8-15(17)5-4-13(11)10-16(18-3)14-6-7-19-12(2)9-14/h4-9,16,18H,10H2,1-3H3. The van der Waals surface area contributed by atoms with Crippen LogP contribution in [-0.2, 0) is 6.42 Å². The Morgan fingerprint density at radius 3 is 2.63 bits per heavy atom. The van der Waals surface area contributed by atoms with Gasteiger partial charge in [-0.3, -0.25) is 4.98 Å². The lowest BCUT2D eigenvalue weighted by atomic mass is 9.96. The highest BCUT2D eigenvalue weighted by Gasteiger charge is 2.12. The fourth-order valence-electron chi connectivity index (χ4n) is 2.28. The molecule has 0 spiro atoms. The summed E-state index contributed by atoms with van der Waals surface area (Å²) in [5, 5.41) is 3.31. The molecule has 1 aromatic heterocycles. The lowest BCUT2D eigenvalue weighted by Crippen LogP contribution is -2.19. The molecule has 0 aliphatic rings. The van der Waals surface area contributed by atoms with E-state index in [0.717, 1.165) is 23.2 Å². The quantitative estimate of drug-likeness (QED) is 0.909. The summed E-state index contributed by atoms with van der Waals surface area (Å²) in [6, 6.07) is 9.29. The van der Waals surface area contributed by atoms with Crippen LogP contribution < -0.4 is 5.32 Å². The number of pyridine rings is 1. The molecule has 2 rings (SSSR count). The average Bonchev–Trinajstić information content (AvgIpc) is 2.38. The minimum Gasteiger partial charge on any atom is -0.313 e. The number of hydrogen-bond donors (Lipinski definition) is 1. The Labute approximate surface area is 113 Å². The molecule has 0 fully saturated rings. The fraction of sp³-hybridized carbons (Fsp3) is 0.312. The molecule has 0 radical (unpaired) electrons. The molecule has 0 aliphatic heterocycles. The van der Waals surface area contributed by atoms with Crippen molar-refractivity contribution < 1.29 is 4.39 Å². The van der Waals surface area contributed by atoms with Crippen molar-refractivity contribution >= 4 is 0 Å². The number of nitrogens with one attached hydrogen (secondary N) is 1. The normalized spacial score (nSPS) is 12.4. The van der Waals surface area contributed by atoms with Crippen molar-refractivity contribution in [3.05, 3.63) is 64.7 Å². The van der Waals surface area contributed by atoms with Gasteiger partial charge in [0.1, 0.15) is 5.82 Å². The van der Waals surface area contributed by atoms with Crippen molar-refractivity contribution in [2.75, 3.05) is 7.05 Å². The second-order valence-corrected chi connectivity index (χ2v) is 4.85. The van der Waals surface area contributed by atoms with E-state index in [1.165, 1.54) is 11.6 Å². The Morgan fingerprint density at radius 1 is 1.21 bits per heavy atom. The van der Waals surface area contributed by atoms with Crippen molar-refractivity contribution in [1.29, 1.82) is 0 Å². The van der Waals surface area contributed by atoms with E-state index < -0.39 is 0 Å². The summed E-state index contributed by atoms with van der Waals surface area (Å²) in [5.41, 5.74) is 4.37. The Kier molecular flexibility index (Phi) is 4.27. The molecule has 0 aliphatic carbocycles. The third kappa shape index (κ3) is 3.38.